The maximum absolute atomic E-state index is 13.3. The zero-order chi connectivity index (χ0) is 23.4. The standard InChI is InChI=1S/C26H20N2O5/c29-24-21(13-17-4-8-19(9-5-17)25(30)31)15-28(23-3-1-2-12-27-23)16-22(24)14-18-6-10-20(11-7-18)26(32)33/h1-14H,15-16H2,(H,30,31)(H,32,33). The predicted molar refractivity (Wildman–Crippen MR) is 124 cm³/mol. The lowest BCUT2D eigenvalue weighted by Gasteiger charge is -2.30. The number of carbonyl (C=O) groups is 3. The minimum atomic E-state index is -1.01. The van der Waals surface area contributed by atoms with Crippen molar-refractivity contribution in [1.29, 1.82) is 0 Å². The number of piperidine rings is 1. The third-order valence-electron chi connectivity index (χ3n) is 5.28. The van der Waals surface area contributed by atoms with Crippen LogP contribution in [-0.4, -0.2) is 46.0 Å². The molecule has 0 aliphatic carbocycles. The van der Waals surface area contributed by atoms with Crippen molar-refractivity contribution in [2.45, 2.75) is 0 Å². The Hall–Kier alpha value is -4.52. The molecular formula is C26H20N2O5. The molecule has 1 aromatic heterocycles. The first kappa shape index (κ1) is 21.7. The van der Waals surface area contributed by atoms with E-state index in [0.29, 0.717) is 24.2 Å². The van der Waals surface area contributed by atoms with Gasteiger partial charge < -0.3 is 15.1 Å². The fourth-order valence-corrected chi connectivity index (χ4v) is 3.59. The number of rotatable bonds is 5. The summed E-state index contributed by atoms with van der Waals surface area (Å²) in [7, 11) is 0. The normalized spacial score (nSPS) is 16.2. The number of nitrogens with zero attached hydrogens (tertiary/aromatic N) is 2. The molecule has 0 amide bonds. The van der Waals surface area contributed by atoms with Gasteiger partial charge in [0.25, 0.3) is 0 Å². The van der Waals surface area contributed by atoms with Crippen LogP contribution in [0.1, 0.15) is 31.8 Å². The van der Waals surface area contributed by atoms with Gasteiger partial charge in [-0.05, 0) is 59.7 Å². The first-order valence-electron chi connectivity index (χ1n) is 10.2. The number of carboxylic acids is 2. The molecule has 164 valence electrons. The number of Topliss-reactive ketones (excluding diaryl/α,β-unsaturated/α-hetero) is 1. The number of carboxylic acid groups (broad SMARTS) is 2. The summed E-state index contributed by atoms with van der Waals surface area (Å²) >= 11 is 0. The first-order valence-corrected chi connectivity index (χ1v) is 10.2. The molecule has 2 heterocycles. The molecule has 0 spiro atoms. The highest BCUT2D eigenvalue weighted by Crippen LogP contribution is 2.25. The van der Waals surface area contributed by atoms with Crippen LogP contribution in [0.25, 0.3) is 12.2 Å². The Bertz CT molecular complexity index is 1180. The van der Waals surface area contributed by atoms with Gasteiger partial charge in [-0.3, -0.25) is 4.79 Å². The van der Waals surface area contributed by atoms with Crippen LogP contribution >= 0.6 is 0 Å². The smallest absolute Gasteiger partial charge is 0.335 e. The van der Waals surface area contributed by atoms with Crippen molar-refractivity contribution < 1.29 is 24.6 Å². The zero-order valence-corrected chi connectivity index (χ0v) is 17.5. The molecule has 2 aromatic carbocycles. The molecule has 7 nitrogen and oxygen atoms in total. The Morgan fingerprint density at radius 2 is 1.24 bits per heavy atom. The Balaban J connectivity index is 1.70. The van der Waals surface area contributed by atoms with Crippen molar-refractivity contribution in [1.82, 2.24) is 4.98 Å². The van der Waals surface area contributed by atoms with E-state index in [1.165, 1.54) is 24.3 Å². The molecule has 0 saturated carbocycles. The van der Waals surface area contributed by atoms with E-state index in [4.69, 9.17) is 10.2 Å². The first-order chi connectivity index (χ1) is 15.9. The molecule has 1 fully saturated rings. The van der Waals surface area contributed by atoms with E-state index in [1.54, 1.807) is 42.6 Å². The minimum Gasteiger partial charge on any atom is -0.478 e. The van der Waals surface area contributed by atoms with Gasteiger partial charge in [0.15, 0.2) is 5.78 Å². The van der Waals surface area contributed by atoms with Gasteiger partial charge in [0.05, 0.1) is 11.1 Å². The summed E-state index contributed by atoms with van der Waals surface area (Å²) in [6.07, 6.45) is 5.20. The van der Waals surface area contributed by atoms with Crippen molar-refractivity contribution in [2.24, 2.45) is 0 Å². The SMILES string of the molecule is O=C1C(=Cc2ccc(C(=O)O)cc2)CN(c2ccccn2)CC1=Cc1ccc(C(=O)O)cc1. The highest BCUT2D eigenvalue weighted by molar-refractivity contribution is 6.15. The summed E-state index contributed by atoms with van der Waals surface area (Å²) in [5.74, 6) is -1.41. The van der Waals surface area contributed by atoms with Crippen LogP contribution in [0.3, 0.4) is 0 Å². The Kier molecular flexibility index (Phi) is 6.13. The Morgan fingerprint density at radius 1 is 0.758 bits per heavy atom. The van der Waals surface area contributed by atoms with Crippen LogP contribution in [0.4, 0.5) is 5.82 Å². The van der Waals surface area contributed by atoms with E-state index >= 15 is 0 Å². The van der Waals surface area contributed by atoms with E-state index in [0.717, 1.165) is 16.9 Å². The van der Waals surface area contributed by atoms with Crippen molar-refractivity contribution in [3.8, 4) is 0 Å². The third-order valence-corrected chi connectivity index (χ3v) is 5.28. The van der Waals surface area contributed by atoms with E-state index in [2.05, 4.69) is 4.98 Å². The summed E-state index contributed by atoms with van der Waals surface area (Å²) < 4.78 is 0. The third kappa shape index (κ3) is 5.04. The number of anilines is 1. The minimum absolute atomic E-state index is 0.119. The number of aromatic carboxylic acids is 2. The molecule has 2 N–H and O–H groups in total. The predicted octanol–water partition coefficient (Wildman–Crippen LogP) is 4.03. The topological polar surface area (TPSA) is 108 Å². The highest BCUT2D eigenvalue weighted by atomic mass is 16.4. The molecule has 4 rings (SSSR count). The van der Waals surface area contributed by atoms with Crippen LogP contribution in [-0.2, 0) is 4.79 Å². The number of ketones is 1. The van der Waals surface area contributed by atoms with Crippen molar-refractivity contribution >= 4 is 35.7 Å². The second kappa shape index (κ2) is 9.32. The molecule has 0 unspecified atom stereocenters. The van der Waals surface area contributed by atoms with Crippen molar-refractivity contribution in [3.05, 3.63) is 106 Å². The van der Waals surface area contributed by atoms with Gasteiger partial charge in [0, 0.05) is 30.4 Å². The molecule has 1 saturated heterocycles. The maximum atomic E-state index is 13.3. The van der Waals surface area contributed by atoms with E-state index in [1.807, 2.05) is 23.1 Å². The lowest BCUT2D eigenvalue weighted by atomic mass is 9.94. The van der Waals surface area contributed by atoms with E-state index in [-0.39, 0.29) is 16.9 Å². The van der Waals surface area contributed by atoms with Gasteiger partial charge in [0.1, 0.15) is 5.82 Å². The summed E-state index contributed by atoms with van der Waals surface area (Å²) in [5.41, 5.74) is 2.87. The lowest BCUT2D eigenvalue weighted by molar-refractivity contribution is -0.112. The largest absolute Gasteiger partial charge is 0.478 e. The Morgan fingerprint density at radius 3 is 1.64 bits per heavy atom. The molecule has 7 heteroatoms. The van der Waals surface area contributed by atoms with Crippen molar-refractivity contribution in [2.75, 3.05) is 18.0 Å². The maximum Gasteiger partial charge on any atom is 0.335 e. The monoisotopic (exact) mass is 440 g/mol. The summed E-state index contributed by atoms with van der Waals surface area (Å²) in [5, 5.41) is 18.2. The van der Waals surface area contributed by atoms with Gasteiger partial charge >= 0.3 is 11.9 Å². The van der Waals surface area contributed by atoms with Crippen molar-refractivity contribution in [3.63, 3.8) is 0 Å². The number of carbonyl (C=O) groups excluding carboxylic acids is 1. The highest BCUT2D eigenvalue weighted by Gasteiger charge is 2.27. The van der Waals surface area contributed by atoms with Gasteiger partial charge in [-0.15, -0.1) is 0 Å². The molecule has 1 aliphatic rings. The molecule has 3 aromatic rings. The van der Waals surface area contributed by atoms with E-state index in [9.17, 15) is 14.4 Å². The molecule has 0 radical (unpaired) electrons. The fourth-order valence-electron chi connectivity index (χ4n) is 3.59. The second-order valence-corrected chi connectivity index (χ2v) is 7.57. The molecule has 0 bridgehead atoms. The van der Waals surface area contributed by atoms with Crippen LogP contribution < -0.4 is 4.90 Å². The fraction of sp³-hybridized carbons (Fsp3) is 0.0769. The molecule has 33 heavy (non-hydrogen) atoms. The average molecular weight is 440 g/mol. The van der Waals surface area contributed by atoms with Crippen LogP contribution in [0.15, 0.2) is 84.1 Å². The van der Waals surface area contributed by atoms with E-state index < -0.39 is 11.9 Å². The average Bonchev–Trinajstić information content (AvgIpc) is 2.82. The second-order valence-electron chi connectivity index (χ2n) is 7.57. The summed E-state index contributed by atoms with van der Waals surface area (Å²) in [6, 6.07) is 18.2. The number of aromatic nitrogens is 1. The lowest BCUT2D eigenvalue weighted by Crippen LogP contribution is -2.38. The van der Waals surface area contributed by atoms with Crippen LogP contribution in [0.5, 0.6) is 0 Å². The molecule has 1 aliphatic heterocycles. The summed E-state index contributed by atoms with van der Waals surface area (Å²) in [4.78, 5) is 41.9. The number of benzene rings is 2. The number of pyridine rings is 1. The van der Waals surface area contributed by atoms with Gasteiger partial charge in [-0.2, -0.15) is 0 Å². The number of hydrogen-bond donors (Lipinski definition) is 2. The van der Waals surface area contributed by atoms with Gasteiger partial charge in [0.2, 0.25) is 0 Å². The van der Waals surface area contributed by atoms with Gasteiger partial charge in [-0.25, -0.2) is 14.6 Å². The molecular weight excluding hydrogens is 420 g/mol. The Labute approximate surface area is 189 Å². The quantitative estimate of drug-likeness (QED) is 0.577. The molecule has 0 atom stereocenters. The van der Waals surface area contributed by atoms with Gasteiger partial charge in [-0.1, -0.05) is 30.3 Å². The zero-order valence-electron chi connectivity index (χ0n) is 17.5. The van der Waals surface area contributed by atoms with Crippen LogP contribution in [0.2, 0.25) is 0 Å². The number of hydrogen-bond acceptors (Lipinski definition) is 5. The van der Waals surface area contributed by atoms with Crippen LogP contribution in [0, 0.1) is 0 Å². The summed E-state index contributed by atoms with van der Waals surface area (Å²) in [6.45, 7) is 0.706.